The minimum Gasteiger partial charge on any atom is -0.493 e. The van der Waals surface area contributed by atoms with E-state index in [0.717, 1.165) is 29.2 Å². The monoisotopic (exact) mass is 284 g/mol. The van der Waals surface area contributed by atoms with Crippen LogP contribution in [-0.2, 0) is 10.2 Å². The molecule has 0 unspecified atom stereocenters. The van der Waals surface area contributed by atoms with Crippen LogP contribution < -0.4 is 9.47 Å². The second-order valence-corrected chi connectivity index (χ2v) is 4.88. The van der Waals surface area contributed by atoms with Gasteiger partial charge in [-0.15, -0.1) is 0 Å². The van der Waals surface area contributed by atoms with Crippen molar-refractivity contribution in [2.45, 2.75) is 18.3 Å². The third-order valence-electron chi connectivity index (χ3n) is 2.99. The fourth-order valence-corrected chi connectivity index (χ4v) is 2.32. The quantitative estimate of drug-likeness (QED) is 0.798. The van der Waals surface area contributed by atoms with Crippen molar-refractivity contribution >= 4 is 22.2 Å². The number of carbonyl (C=O) groups excluding carboxylic acids is 1. The lowest BCUT2D eigenvalue weighted by Gasteiger charge is -2.16. The number of hydrogen-bond donors (Lipinski definition) is 0. The first-order valence-electron chi connectivity index (χ1n) is 5.05. The average Bonchev–Trinajstić information content (AvgIpc) is 3.08. The number of benzene rings is 1. The number of methoxy groups -OCH3 is 2. The zero-order chi connectivity index (χ0) is 11.8. The molecular weight excluding hydrogens is 272 g/mol. The Morgan fingerprint density at radius 2 is 2.00 bits per heavy atom. The summed E-state index contributed by atoms with van der Waals surface area (Å²) in [6.07, 6.45) is 2.77. The minimum atomic E-state index is -0.359. The molecule has 0 aliphatic heterocycles. The van der Waals surface area contributed by atoms with Gasteiger partial charge in [-0.25, -0.2) is 0 Å². The summed E-state index contributed by atoms with van der Waals surface area (Å²) in [6, 6.07) is 3.77. The maximum atomic E-state index is 11.2. The number of aldehydes is 1. The molecular formula is C12H13BrO3. The van der Waals surface area contributed by atoms with E-state index < -0.39 is 0 Å². The Bertz CT molecular complexity index is 425. The van der Waals surface area contributed by atoms with Crippen molar-refractivity contribution < 1.29 is 14.3 Å². The van der Waals surface area contributed by atoms with Gasteiger partial charge in [-0.05, 0) is 25.0 Å². The van der Waals surface area contributed by atoms with E-state index in [-0.39, 0.29) is 5.41 Å². The van der Waals surface area contributed by atoms with Crippen molar-refractivity contribution in [3.63, 3.8) is 0 Å². The van der Waals surface area contributed by atoms with E-state index >= 15 is 0 Å². The number of halogens is 1. The molecule has 1 fully saturated rings. The zero-order valence-corrected chi connectivity index (χ0v) is 10.8. The zero-order valence-electron chi connectivity index (χ0n) is 9.25. The van der Waals surface area contributed by atoms with Crippen LogP contribution in [0.5, 0.6) is 11.5 Å². The maximum Gasteiger partial charge on any atom is 0.164 e. The highest BCUT2D eigenvalue weighted by Crippen LogP contribution is 2.52. The smallest absolute Gasteiger partial charge is 0.164 e. The molecule has 0 N–H and O–H groups in total. The molecule has 1 saturated carbocycles. The highest BCUT2D eigenvalue weighted by atomic mass is 79.9. The van der Waals surface area contributed by atoms with Gasteiger partial charge in [-0.1, -0.05) is 15.9 Å². The Balaban J connectivity index is 2.59. The third kappa shape index (κ3) is 1.71. The molecule has 1 aromatic carbocycles. The Morgan fingerprint density at radius 1 is 1.31 bits per heavy atom. The molecule has 0 bridgehead atoms. The maximum absolute atomic E-state index is 11.2. The normalized spacial score (nSPS) is 16.7. The van der Waals surface area contributed by atoms with Gasteiger partial charge in [0.15, 0.2) is 11.5 Å². The minimum absolute atomic E-state index is 0.359. The van der Waals surface area contributed by atoms with Gasteiger partial charge >= 0.3 is 0 Å². The molecule has 86 valence electrons. The van der Waals surface area contributed by atoms with Crippen LogP contribution in [-0.4, -0.2) is 20.5 Å². The summed E-state index contributed by atoms with van der Waals surface area (Å²) >= 11 is 3.42. The fraction of sp³-hybridized carbons (Fsp3) is 0.417. The van der Waals surface area contributed by atoms with Crippen LogP contribution in [0.1, 0.15) is 18.4 Å². The SMILES string of the molecule is COc1cc(Br)cc(C2(C=O)CC2)c1OC. The summed E-state index contributed by atoms with van der Waals surface area (Å²) in [5.41, 5.74) is 0.554. The molecule has 0 amide bonds. The number of rotatable bonds is 4. The molecule has 0 heterocycles. The molecule has 16 heavy (non-hydrogen) atoms. The Kier molecular flexibility index (Phi) is 2.93. The molecule has 4 heteroatoms. The largest absolute Gasteiger partial charge is 0.493 e. The molecule has 2 rings (SSSR count). The molecule has 0 saturated heterocycles. The van der Waals surface area contributed by atoms with Crippen LogP contribution >= 0.6 is 15.9 Å². The second kappa shape index (κ2) is 4.09. The van der Waals surface area contributed by atoms with E-state index in [0.29, 0.717) is 11.5 Å². The third-order valence-corrected chi connectivity index (χ3v) is 3.45. The Labute approximate surface area is 103 Å². The van der Waals surface area contributed by atoms with Gasteiger partial charge in [0.1, 0.15) is 6.29 Å². The second-order valence-electron chi connectivity index (χ2n) is 3.96. The Morgan fingerprint density at radius 3 is 2.44 bits per heavy atom. The highest BCUT2D eigenvalue weighted by Gasteiger charge is 2.47. The molecule has 0 atom stereocenters. The molecule has 1 aliphatic rings. The molecule has 3 nitrogen and oxygen atoms in total. The van der Waals surface area contributed by atoms with Crippen molar-refractivity contribution in [2.24, 2.45) is 0 Å². The predicted molar refractivity (Wildman–Crippen MR) is 64.2 cm³/mol. The number of carbonyl (C=O) groups is 1. The van der Waals surface area contributed by atoms with Crippen LogP contribution in [0.15, 0.2) is 16.6 Å². The molecule has 0 radical (unpaired) electrons. The lowest BCUT2D eigenvalue weighted by molar-refractivity contribution is -0.109. The molecule has 1 aromatic rings. The van der Waals surface area contributed by atoms with Crippen LogP contribution in [0.25, 0.3) is 0 Å². The first-order valence-corrected chi connectivity index (χ1v) is 5.84. The number of hydrogen-bond acceptors (Lipinski definition) is 3. The summed E-state index contributed by atoms with van der Waals surface area (Å²) in [4.78, 5) is 11.2. The standard InChI is InChI=1S/C12H13BrO3/c1-15-10-6-8(13)5-9(11(10)16-2)12(7-14)3-4-12/h5-7H,3-4H2,1-2H3. The predicted octanol–water partition coefficient (Wildman–Crippen LogP) is 2.70. The van der Waals surface area contributed by atoms with E-state index in [1.54, 1.807) is 14.2 Å². The summed E-state index contributed by atoms with van der Waals surface area (Å²) in [6.45, 7) is 0. The van der Waals surface area contributed by atoms with Crippen molar-refractivity contribution in [1.29, 1.82) is 0 Å². The lowest BCUT2D eigenvalue weighted by Crippen LogP contribution is -2.10. The fourth-order valence-electron chi connectivity index (χ4n) is 1.89. The lowest BCUT2D eigenvalue weighted by atomic mass is 9.96. The van der Waals surface area contributed by atoms with Crippen molar-refractivity contribution in [2.75, 3.05) is 14.2 Å². The number of ether oxygens (including phenoxy) is 2. The van der Waals surface area contributed by atoms with Crippen LogP contribution in [0.2, 0.25) is 0 Å². The summed E-state index contributed by atoms with van der Waals surface area (Å²) < 4.78 is 11.5. The van der Waals surface area contributed by atoms with E-state index in [4.69, 9.17) is 9.47 Å². The van der Waals surface area contributed by atoms with Gasteiger partial charge in [0.05, 0.1) is 19.6 Å². The van der Waals surface area contributed by atoms with Crippen LogP contribution in [0.3, 0.4) is 0 Å². The molecule has 0 spiro atoms. The van der Waals surface area contributed by atoms with Crippen molar-refractivity contribution in [3.05, 3.63) is 22.2 Å². The molecule has 1 aliphatic carbocycles. The highest BCUT2D eigenvalue weighted by molar-refractivity contribution is 9.10. The van der Waals surface area contributed by atoms with Gasteiger partial charge in [0.2, 0.25) is 0 Å². The topological polar surface area (TPSA) is 35.5 Å². The summed E-state index contributed by atoms with van der Waals surface area (Å²) in [5.74, 6) is 1.32. The van der Waals surface area contributed by atoms with Gasteiger partial charge in [0, 0.05) is 10.0 Å². The Hall–Kier alpha value is -1.03. The van der Waals surface area contributed by atoms with Crippen molar-refractivity contribution in [3.8, 4) is 11.5 Å². The van der Waals surface area contributed by atoms with E-state index in [9.17, 15) is 4.79 Å². The first kappa shape index (κ1) is 11.5. The van der Waals surface area contributed by atoms with Crippen LogP contribution in [0, 0.1) is 0 Å². The van der Waals surface area contributed by atoms with E-state index in [1.807, 2.05) is 12.1 Å². The van der Waals surface area contributed by atoms with Gasteiger partial charge in [0.25, 0.3) is 0 Å². The van der Waals surface area contributed by atoms with E-state index in [1.165, 1.54) is 0 Å². The van der Waals surface area contributed by atoms with Crippen LogP contribution in [0.4, 0.5) is 0 Å². The van der Waals surface area contributed by atoms with Gasteiger partial charge in [-0.3, -0.25) is 0 Å². The van der Waals surface area contributed by atoms with E-state index in [2.05, 4.69) is 15.9 Å². The first-order chi connectivity index (χ1) is 7.66. The summed E-state index contributed by atoms with van der Waals surface area (Å²) in [5, 5.41) is 0. The summed E-state index contributed by atoms with van der Waals surface area (Å²) in [7, 11) is 3.19. The van der Waals surface area contributed by atoms with Gasteiger partial charge < -0.3 is 14.3 Å². The molecule has 0 aromatic heterocycles. The average molecular weight is 285 g/mol. The van der Waals surface area contributed by atoms with Gasteiger partial charge in [-0.2, -0.15) is 0 Å². The van der Waals surface area contributed by atoms with Crippen molar-refractivity contribution in [1.82, 2.24) is 0 Å².